The zero-order valence-electron chi connectivity index (χ0n) is 32.7. The van der Waals surface area contributed by atoms with Crippen molar-refractivity contribution in [3.8, 4) is 90.1 Å². The second-order valence-corrected chi connectivity index (χ2v) is 15.1. The van der Waals surface area contributed by atoms with Crippen LogP contribution in [0.25, 0.3) is 112 Å². The lowest BCUT2D eigenvalue weighted by Gasteiger charge is -2.16. The fourth-order valence-electron chi connectivity index (χ4n) is 8.60. The summed E-state index contributed by atoms with van der Waals surface area (Å²) in [5.41, 5.74) is 15.1. The standard InChI is InChI=1S/C56H38N4/c1-5-17-39(18-6-1)51-52(40-19-7-2-8-20-40)58-55(57-51)43-33-31-37(32-34-43)44-29-15-25-38-26-16-30-48(50(38)44)47-35-36-49(46-28-14-13-27-45(46)47)56-59-53(41-21-9-3-10-22-41)54(60-56)42-23-11-4-12-24-42/h1-36H,(H,57,58)(H,59,60). The van der Waals surface area contributed by atoms with Gasteiger partial charge >= 0.3 is 0 Å². The lowest BCUT2D eigenvalue weighted by molar-refractivity contribution is 1.31. The van der Waals surface area contributed by atoms with Crippen molar-refractivity contribution in [2.45, 2.75) is 0 Å². The predicted octanol–water partition coefficient (Wildman–Crippen LogP) is 14.8. The van der Waals surface area contributed by atoms with Gasteiger partial charge in [0, 0.05) is 33.4 Å². The number of nitrogens with one attached hydrogen (secondary N) is 2. The normalized spacial score (nSPS) is 11.3. The van der Waals surface area contributed by atoms with Crippen molar-refractivity contribution in [1.82, 2.24) is 19.9 Å². The molecular weight excluding hydrogens is 729 g/mol. The van der Waals surface area contributed by atoms with Gasteiger partial charge in [0.2, 0.25) is 0 Å². The van der Waals surface area contributed by atoms with Gasteiger partial charge in [0.15, 0.2) is 0 Å². The van der Waals surface area contributed by atoms with E-state index >= 15 is 0 Å². The first-order valence-corrected chi connectivity index (χ1v) is 20.3. The number of hydrogen-bond donors (Lipinski definition) is 2. The van der Waals surface area contributed by atoms with Gasteiger partial charge in [-0.15, -0.1) is 0 Å². The molecule has 0 saturated heterocycles. The maximum absolute atomic E-state index is 5.29. The van der Waals surface area contributed by atoms with E-state index in [1.54, 1.807) is 0 Å². The smallest absolute Gasteiger partial charge is 0.139 e. The molecule has 0 fully saturated rings. The minimum Gasteiger partial charge on any atom is -0.337 e. The van der Waals surface area contributed by atoms with Crippen LogP contribution in [-0.4, -0.2) is 19.9 Å². The van der Waals surface area contributed by atoms with Crippen LogP contribution in [0.15, 0.2) is 218 Å². The minimum atomic E-state index is 0.841. The van der Waals surface area contributed by atoms with Crippen LogP contribution in [0.2, 0.25) is 0 Å². The van der Waals surface area contributed by atoms with Crippen molar-refractivity contribution in [2.24, 2.45) is 0 Å². The molecule has 0 radical (unpaired) electrons. The molecular formula is C56H38N4. The van der Waals surface area contributed by atoms with Crippen LogP contribution in [0.4, 0.5) is 0 Å². The van der Waals surface area contributed by atoms with E-state index in [0.717, 1.165) is 78.8 Å². The number of rotatable bonds is 8. The first kappa shape index (κ1) is 35.1. The van der Waals surface area contributed by atoms with Crippen LogP contribution in [0.5, 0.6) is 0 Å². The number of imidazole rings is 2. The van der Waals surface area contributed by atoms with E-state index in [2.05, 4.69) is 204 Å². The molecule has 282 valence electrons. The third-order valence-electron chi connectivity index (χ3n) is 11.5. The highest BCUT2D eigenvalue weighted by Crippen LogP contribution is 2.43. The summed E-state index contributed by atoms with van der Waals surface area (Å²) in [6.45, 7) is 0. The van der Waals surface area contributed by atoms with Crippen molar-refractivity contribution < 1.29 is 0 Å². The summed E-state index contributed by atoms with van der Waals surface area (Å²) in [4.78, 5) is 17.9. The Bertz CT molecular complexity index is 3160. The van der Waals surface area contributed by atoms with Gasteiger partial charge in [-0.1, -0.05) is 212 Å². The lowest BCUT2D eigenvalue weighted by atomic mass is 9.88. The molecule has 0 aliphatic heterocycles. The molecule has 0 aliphatic rings. The summed E-state index contributed by atoms with van der Waals surface area (Å²) >= 11 is 0. The van der Waals surface area contributed by atoms with Gasteiger partial charge < -0.3 is 9.97 Å². The molecule has 60 heavy (non-hydrogen) atoms. The van der Waals surface area contributed by atoms with Crippen molar-refractivity contribution in [1.29, 1.82) is 0 Å². The maximum atomic E-state index is 5.29. The monoisotopic (exact) mass is 766 g/mol. The van der Waals surface area contributed by atoms with Crippen LogP contribution < -0.4 is 0 Å². The predicted molar refractivity (Wildman–Crippen MR) is 249 cm³/mol. The molecule has 11 rings (SSSR count). The third-order valence-corrected chi connectivity index (χ3v) is 11.5. The van der Waals surface area contributed by atoms with Crippen molar-refractivity contribution >= 4 is 21.5 Å². The second-order valence-electron chi connectivity index (χ2n) is 15.1. The average molecular weight is 767 g/mol. The number of H-pyrrole nitrogens is 2. The summed E-state index contributed by atoms with van der Waals surface area (Å²) in [5, 5.41) is 4.73. The van der Waals surface area contributed by atoms with Crippen LogP contribution in [0.3, 0.4) is 0 Å². The zero-order chi connectivity index (χ0) is 39.8. The Balaban J connectivity index is 1.01. The summed E-state index contributed by atoms with van der Waals surface area (Å²) < 4.78 is 0. The van der Waals surface area contributed by atoms with Crippen LogP contribution in [-0.2, 0) is 0 Å². The number of aromatic amines is 2. The highest BCUT2D eigenvalue weighted by Gasteiger charge is 2.20. The van der Waals surface area contributed by atoms with E-state index in [0.29, 0.717) is 0 Å². The molecule has 0 atom stereocenters. The Kier molecular flexibility index (Phi) is 8.79. The molecule has 2 heterocycles. The van der Waals surface area contributed by atoms with E-state index in [1.807, 2.05) is 24.3 Å². The Hall–Kier alpha value is -8.08. The van der Waals surface area contributed by atoms with Gasteiger partial charge in [-0.2, -0.15) is 0 Å². The number of fused-ring (bicyclic) bond motifs is 2. The Morgan fingerprint density at radius 3 is 1.27 bits per heavy atom. The van der Waals surface area contributed by atoms with Crippen molar-refractivity contribution in [3.05, 3.63) is 218 Å². The molecule has 0 aliphatic carbocycles. The molecule has 9 aromatic carbocycles. The van der Waals surface area contributed by atoms with Gasteiger partial charge in [0.1, 0.15) is 11.6 Å². The fraction of sp³-hybridized carbons (Fsp3) is 0. The van der Waals surface area contributed by atoms with Gasteiger partial charge in [-0.3, -0.25) is 0 Å². The van der Waals surface area contributed by atoms with E-state index in [4.69, 9.17) is 9.97 Å². The summed E-state index contributed by atoms with van der Waals surface area (Å²) in [6, 6.07) is 77.0. The summed E-state index contributed by atoms with van der Waals surface area (Å²) in [5.74, 6) is 1.69. The summed E-state index contributed by atoms with van der Waals surface area (Å²) in [7, 11) is 0. The average Bonchev–Trinajstić information content (AvgIpc) is 3.99. The SMILES string of the molecule is c1ccc(-c2nc(-c3ccc(-c4cccc5cccc(-c6ccc(-c7nc(-c8ccccc8)c(-c8ccccc8)[nH]7)c7ccccc67)c45)cc3)[nH]c2-c2ccccc2)cc1. The molecule has 0 saturated carbocycles. The van der Waals surface area contributed by atoms with E-state index < -0.39 is 0 Å². The quantitative estimate of drug-likeness (QED) is 0.162. The first-order chi connectivity index (χ1) is 29.8. The van der Waals surface area contributed by atoms with Crippen LogP contribution in [0.1, 0.15) is 0 Å². The molecule has 0 unspecified atom stereocenters. The minimum absolute atomic E-state index is 0.841. The molecule has 2 N–H and O–H groups in total. The molecule has 2 aromatic heterocycles. The topological polar surface area (TPSA) is 57.4 Å². The molecule has 0 spiro atoms. The Morgan fingerprint density at radius 1 is 0.267 bits per heavy atom. The maximum Gasteiger partial charge on any atom is 0.139 e. The van der Waals surface area contributed by atoms with Crippen LogP contribution in [0, 0.1) is 0 Å². The summed E-state index contributed by atoms with van der Waals surface area (Å²) in [6.07, 6.45) is 0. The van der Waals surface area contributed by atoms with Crippen LogP contribution >= 0.6 is 0 Å². The highest BCUT2D eigenvalue weighted by atomic mass is 14.9. The van der Waals surface area contributed by atoms with E-state index in [-0.39, 0.29) is 0 Å². The second kappa shape index (κ2) is 15.0. The van der Waals surface area contributed by atoms with Gasteiger partial charge in [-0.05, 0) is 49.9 Å². The van der Waals surface area contributed by atoms with Crippen molar-refractivity contribution in [3.63, 3.8) is 0 Å². The number of nitrogens with zero attached hydrogens (tertiary/aromatic N) is 2. The molecule has 4 heteroatoms. The zero-order valence-corrected chi connectivity index (χ0v) is 32.7. The Labute approximate surface area is 348 Å². The third kappa shape index (κ3) is 6.28. The highest BCUT2D eigenvalue weighted by molar-refractivity contribution is 6.13. The van der Waals surface area contributed by atoms with Gasteiger partial charge in [-0.25, -0.2) is 9.97 Å². The molecule has 4 nitrogen and oxygen atoms in total. The molecule has 0 bridgehead atoms. The van der Waals surface area contributed by atoms with Gasteiger partial charge in [0.05, 0.1) is 22.8 Å². The molecule has 11 aromatic rings. The number of aromatic nitrogens is 4. The van der Waals surface area contributed by atoms with E-state index in [1.165, 1.54) is 32.8 Å². The Morgan fingerprint density at radius 2 is 0.700 bits per heavy atom. The van der Waals surface area contributed by atoms with E-state index in [9.17, 15) is 0 Å². The molecule has 0 amide bonds. The first-order valence-electron chi connectivity index (χ1n) is 20.3. The largest absolute Gasteiger partial charge is 0.337 e. The lowest BCUT2D eigenvalue weighted by Crippen LogP contribution is -1.90. The van der Waals surface area contributed by atoms with Crippen molar-refractivity contribution in [2.75, 3.05) is 0 Å². The number of benzene rings is 9. The number of hydrogen-bond acceptors (Lipinski definition) is 2. The van der Waals surface area contributed by atoms with Gasteiger partial charge in [0.25, 0.3) is 0 Å². The fourth-order valence-corrected chi connectivity index (χ4v) is 8.60.